The molecule has 5 rings (SSSR count). The van der Waals surface area contributed by atoms with Crippen LogP contribution < -0.4 is 15.5 Å². The molecule has 2 N–H and O–H groups in total. The quantitative estimate of drug-likeness (QED) is 0.429. The minimum atomic E-state index is -0.0470. The Morgan fingerprint density at radius 1 is 1.00 bits per heavy atom. The molecular formula is C27H30N6O2. The number of anilines is 1. The van der Waals surface area contributed by atoms with E-state index in [2.05, 4.69) is 14.9 Å². The molecule has 2 aromatic carbocycles. The van der Waals surface area contributed by atoms with Gasteiger partial charge in [0.2, 0.25) is 5.91 Å². The summed E-state index contributed by atoms with van der Waals surface area (Å²) in [6, 6.07) is 17.5. The fourth-order valence-corrected chi connectivity index (χ4v) is 4.64. The third-order valence-corrected chi connectivity index (χ3v) is 6.44. The summed E-state index contributed by atoms with van der Waals surface area (Å²) in [4.78, 5) is 23.8. The summed E-state index contributed by atoms with van der Waals surface area (Å²) < 4.78 is 7.76. The van der Waals surface area contributed by atoms with Gasteiger partial charge < -0.3 is 15.4 Å². The number of likely N-dealkylation sites (tertiary alicyclic amines) is 1. The number of nitrogen functional groups attached to an aromatic ring is 1. The highest BCUT2D eigenvalue weighted by atomic mass is 16.5. The molecule has 0 spiro atoms. The van der Waals surface area contributed by atoms with Crippen LogP contribution in [-0.2, 0) is 4.79 Å². The molecular weight excluding hydrogens is 440 g/mol. The minimum Gasteiger partial charge on any atom is -0.457 e. The van der Waals surface area contributed by atoms with Crippen LogP contribution in [0.1, 0.15) is 26.2 Å². The van der Waals surface area contributed by atoms with Crippen molar-refractivity contribution in [1.82, 2.24) is 19.5 Å². The molecule has 0 atom stereocenters. The summed E-state index contributed by atoms with van der Waals surface area (Å²) in [6.07, 6.45) is 7.08. The van der Waals surface area contributed by atoms with E-state index in [0.717, 1.165) is 47.6 Å². The number of carbonyl (C=O) groups excluding carboxylic acids is 1. The molecule has 0 unspecified atom stereocenters. The summed E-state index contributed by atoms with van der Waals surface area (Å²) in [5.74, 6) is 1.85. The van der Waals surface area contributed by atoms with E-state index >= 15 is 0 Å². The highest BCUT2D eigenvalue weighted by Gasteiger charge is 2.22. The van der Waals surface area contributed by atoms with Crippen molar-refractivity contribution < 1.29 is 9.53 Å². The first-order chi connectivity index (χ1) is 17.1. The number of para-hydroxylation sites is 1. The molecule has 1 fully saturated rings. The van der Waals surface area contributed by atoms with Gasteiger partial charge >= 0.3 is 0 Å². The van der Waals surface area contributed by atoms with E-state index in [-0.39, 0.29) is 5.91 Å². The van der Waals surface area contributed by atoms with Crippen molar-refractivity contribution >= 4 is 22.8 Å². The van der Waals surface area contributed by atoms with E-state index < -0.39 is 0 Å². The molecule has 1 aliphatic heterocycles. The average Bonchev–Trinajstić information content (AvgIpc) is 3.26. The van der Waals surface area contributed by atoms with Gasteiger partial charge in [0, 0.05) is 25.2 Å². The molecule has 8 heteroatoms. The van der Waals surface area contributed by atoms with E-state index in [1.165, 1.54) is 25.6 Å². The van der Waals surface area contributed by atoms with Gasteiger partial charge in [0.25, 0.3) is 0 Å². The average molecular weight is 471 g/mol. The predicted octanol–water partition coefficient (Wildman–Crippen LogP) is 4.44. The Hall–Kier alpha value is -3.91. The number of nitrogens with two attached hydrogens (primary N) is 1. The van der Waals surface area contributed by atoms with Crippen LogP contribution in [0.2, 0.25) is 0 Å². The van der Waals surface area contributed by atoms with Gasteiger partial charge in [-0.15, -0.1) is 0 Å². The number of carbonyl (C=O) groups is 1. The van der Waals surface area contributed by atoms with Gasteiger partial charge in [0.05, 0.1) is 11.9 Å². The van der Waals surface area contributed by atoms with Crippen LogP contribution in [0.25, 0.3) is 22.2 Å². The molecule has 4 aromatic rings. The van der Waals surface area contributed by atoms with Gasteiger partial charge in [0.15, 0.2) is 5.65 Å². The number of rotatable bonds is 7. The molecule has 0 aliphatic carbocycles. The standard InChI is InChI=1S/C27H30N6O2/c1-20(34)32(17-16-31-14-6-3-7-15-31)33-18-24(25-26(28)29-19-30-27(25)33)21-10-12-23(13-11-21)35-22-8-4-2-5-9-22/h2,4-5,8-13,18-19H,3,6-7,14-17H2,1H3,(H2,28,29,30). The van der Waals surface area contributed by atoms with E-state index in [1.807, 2.05) is 65.5 Å². The zero-order valence-electron chi connectivity index (χ0n) is 19.9. The van der Waals surface area contributed by atoms with Crippen LogP contribution in [0.5, 0.6) is 11.5 Å². The van der Waals surface area contributed by atoms with E-state index in [1.54, 1.807) is 11.9 Å². The summed E-state index contributed by atoms with van der Waals surface area (Å²) in [5, 5.41) is 2.47. The lowest BCUT2D eigenvalue weighted by Crippen LogP contribution is -2.45. The van der Waals surface area contributed by atoms with Crippen LogP contribution in [-0.4, -0.2) is 51.6 Å². The van der Waals surface area contributed by atoms with Crippen molar-refractivity contribution in [2.75, 3.05) is 36.9 Å². The molecule has 1 aliphatic rings. The zero-order chi connectivity index (χ0) is 24.2. The third kappa shape index (κ3) is 4.97. The van der Waals surface area contributed by atoms with Gasteiger partial charge in [0.1, 0.15) is 23.6 Å². The lowest BCUT2D eigenvalue weighted by atomic mass is 10.1. The Morgan fingerprint density at radius 3 is 2.43 bits per heavy atom. The Bertz CT molecular complexity index is 1300. The Morgan fingerprint density at radius 2 is 1.71 bits per heavy atom. The predicted molar refractivity (Wildman–Crippen MR) is 138 cm³/mol. The molecule has 1 saturated heterocycles. The maximum atomic E-state index is 12.7. The van der Waals surface area contributed by atoms with Crippen molar-refractivity contribution in [2.24, 2.45) is 0 Å². The third-order valence-electron chi connectivity index (χ3n) is 6.44. The second kappa shape index (κ2) is 10.1. The lowest BCUT2D eigenvalue weighted by molar-refractivity contribution is -0.118. The second-order valence-corrected chi connectivity index (χ2v) is 8.83. The van der Waals surface area contributed by atoms with Crippen LogP contribution >= 0.6 is 0 Å². The van der Waals surface area contributed by atoms with Crippen molar-refractivity contribution in [3.05, 3.63) is 67.1 Å². The molecule has 35 heavy (non-hydrogen) atoms. The second-order valence-electron chi connectivity index (χ2n) is 8.83. The van der Waals surface area contributed by atoms with E-state index in [9.17, 15) is 4.79 Å². The topological polar surface area (TPSA) is 89.5 Å². The van der Waals surface area contributed by atoms with Crippen LogP contribution in [0.3, 0.4) is 0 Å². The van der Waals surface area contributed by atoms with Crippen LogP contribution in [0.4, 0.5) is 5.82 Å². The van der Waals surface area contributed by atoms with Crippen LogP contribution in [0.15, 0.2) is 67.1 Å². The fraction of sp³-hybridized carbons (Fsp3) is 0.296. The summed E-state index contributed by atoms with van der Waals surface area (Å²) in [6.45, 7) is 5.14. The van der Waals surface area contributed by atoms with Crippen molar-refractivity contribution in [3.63, 3.8) is 0 Å². The van der Waals surface area contributed by atoms with Gasteiger partial charge in [-0.05, 0) is 55.8 Å². The minimum absolute atomic E-state index is 0.0470. The van der Waals surface area contributed by atoms with E-state index in [4.69, 9.17) is 10.5 Å². The Kier molecular flexibility index (Phi) is 6.63. The largest absolute Gasteiger partial charge is 0.457 e. The monoisotopic (exact) mass is 470 g/mol. The highest BCUT2D eigenvalue weighted by Crippen LogP contribution is 2.34. The van der Waals surface area contributed by atoms with Gasteiger partial charge in [-0.25, -0.2) is 19.7 Å². The molecule has 0 bridgehead atoms. The smallest absolute Gasteiger partial charge is 0.238 e. The number of aromatic nitrogens is 3. The number of hydrogen-bond acceptors (Lipinski definition) is 6. The lowest BCUT2D eigenvalue weighted by Gasteiger charge is -2.30. The number of ether oxygens (including phenoxy) is 1. The van der Waals surface area contributed by atoms with Crippen molar-refractivity contribution in [3.8, 4) is 22.6 Å². The molecule has 180 valence electrons. The highest BCUT2D eigenvalue weighted by molar-refractivity contribution is 6.01. The summed E-state index contributed by atoms with van der Waals surface area (Å²) >= 11 is 0. The maximum absolute atomic E-state index is 12.7. The maximum Gasteiger partial charge on any atom is 0.238 e. The Labute approximate surface area is 204 Å². The number of nitrogens with zero attached hydrogens (tertiary/aromatic N) is 5. The van der Waals surface area contributed by atoms with Crippen molar-refractivity contribution in [1.29, 1.82) is 0 Å². The molecule has 0 saturated carbocycles. The molecule has 8 nitrogen and oxygen atoms in total. The van der Waals surface area contributed by atoms with E-state index in [0.29, 0.717) is 18.0 Å². The number of fused-ring (bicyclic) bond motifs is 1. The SMILES string of the molecule is CC(=O)N(CCN1CCCCC1)n1cc(-c2ccc(Oc3ccccc3)cc2)c2c(N)ncnc21. The summed E-state index contributed by atoms with van der Waals surface area (Å²) in [5.41, 5.74) is 8.73. The van der Waals surface area contributed by atoms with Crippen LogP contribution in [0, 0.1) is 0 Å². The molecule has 3 heterocycles. The summed E-state index contributed by atoms with van der Waals surface area (Å²) in [7, 11) is 0. The first kappa shape index (κ1) is 22.9. The number of benzene rings is 2. The number of amides is 1. The first-order valence-corrected chi connectivity index (χ1v) is 12.1. The normalized spacial score (nSPS) is 14.2. The molecule has 0 radical (unpaired) electrons. The molecule has 2 aromatic heterocycles. The first-order valence-electron chi connectivity index (χ1n) is 12.1. The van der Waals surface area contributed by atoms with Gasteiger partial charge in [-0.2, -0.15) is 0 Å². The Balaban J connectivity index is 1.46. The van der Waals surface area contributed by atoms with Gasteiger partial charge in [-0.3, -0.25) is 4.79 Å². The fourth-order valence-electron chi connectivity index (χ4n) is 4.64. The molecule has 1 amide bonds. The number of hydrogen-bond donors (Lipinski definition) is 1. The van der Waals surface area contributed by atoms with Crippen molar-refractivity contribution in [2.45, 2.75) is 26.2 Å². The zero-order valence-corrected chi connectivity index (χ0v) is 19.9. The van der Waals surface area contributed by atoms with Gasteiger partial charge in [-0.1, -0.05) is 36.8 Å². The number of piperidine rings is 1.